The summed E-state index contributed by atoms with van der Waals surface area (Å²) in [4.78, 5) is 17.2. The van der Waals surface area contributed by atoms with Crippen molar-refractivity contribution in [3.8, 4) is 0 Å². The normalized spacial score (nSPS) is 15.6. The van der Waals surface area contributed by atoms with Gasteiger partial charge in [0.1, 0.15) is 0 Å². The third-order valence-electron chi connectivity index (χ3n) is 2.05. The van der Waals surface area contributed by atoms with Gasteiger partial charge < -0.3 is 10.2 Å². The fourth-order valence-corrected chi connectivity index (χ4v) is 1.39. The molecule has 0 aliphatic carbocycles. The molecule has 0 aromatic carbocycles. The van der Waals surface area contributed by atoms with E-state index < -0.39 is 0 Å². The quantitative estimate of drug-likeness (QED) is 0.748. The molecule has 2 rings (SSSR count). The van der Waals surface area contributed by atoms with Gasteiger partial charge in [0.25, 0.3) is 0 Å². The van der Waals surface area contributed by atoms with E-state index in [1.54, 1.807) is 17.3 Å². The maximum atomic E-state index is 11.4. The van der Waals surface area contributed by atoms with E-state index in [1.165, 1.54) is 0 Å². The van der Waals surface area contributed by atoms with Crippen molar-refractivity contribution in [1.82, 2.24) is 10.3 Å². The summed E-state index contributed by atoms with van der Waals surface area (Å²) >= 11 is 0. The lowest BCUT2D eigenvalue weighted by atomic mass is 10.3. The molecule has 1 aliphatic heterocycles. The number of carbonyl (C=O) groups excluding carboxylic acids is 1. The van der Waals surface area contributed by atoms with Gasteiger partial charge in [0.05, 0.1) is 18.4 Å². The SMILES string of the molecule is CC.O=C1CNCCN1c1cccnc1. The number of pyridine rings is 1. The van der Waals surface area contributed by atoms with Crippen LogP contribution in [0.1, 0.15) is 13.8 Å². The highest BCUT2D eigenvalue weighted by Crippen LogP contribution is 2.12. The van der Waals surface area contributed by atoms with Gasteiger partial charge in [-0.1, -0.05) is 13.8 Å². The van der Waals surface area contributed by atoms with Gasteiger partial charge in [0, 0.05) is 19.3 Å². The molecule has 0 radical (unpaired) electrons. The minimum Gasteiger partial charge on any atom is -0.309 e. The van der Waals surface area contributed by atoms with Crippen LogP contribution in [0, 0.1) is 0 Å². The maximum Gasteiger partial charge on any atom is 0.241 e. The first-order chi connectivity index (χ1) is 7.38. The Bertz CT molecular complexity index is 300. The van der Waals surface area contributed by atoms with E-state index in [0.717, 1.165) is 18.8 Å². The molecule has 0 bridgehead atoms. The predicted octanol–water partition coefficient (Wildman–Crippen LogP) is 1.04. The molecule has 1 aromatic rings. The average molecular weight is 207 g/mol. The molecule has 4 heteroatoms. The van der Waals surface area contributed by atoms with E-state index in [0.29, 0.717) is 6.54 Å². The van der Waals surface area contributed by atoms with Crippen LogP contribution in [0.2, 0.25) is 0 Å². The Morgan fingerprint density at radius 2 is 2.27 bits per heavy atom. The molecule has 1 aromatic heterocycles. The van der Waals surface area contributed by atoms with E-state index in [-0.39, 0.29) is 5.91 Å². The molecular formula is C11H17N3O. The number of nitrogens with zero attached hydrogens (tertiary/aromatic N) is 2. The minimum absolute atomic E-state index is 0.110. The van der Waals surface area contributed by atoms with Crippen molar-refractivity contribution in [3.05, 3.63) is 24.5 Å². The molecule has 0 atom stereocenters. The van der Waals surface area contributed by atoms with Crippen LogP contribution >= 0.6 is 0 Å². The van der Waals surface area contributed by atoms with E-state index in [4.69, 9.17) is 0 Å². The number of nitrogens with one attached hydrogen (secondary N) is 1. The Hall–Kier alpha value is -1.42. The highest BCUT2D eigenvalue weighted by atomic mass is 16.2. The monoisotopic (exact) mass is 207 g/mol. The molecule has 1 saturated heterocycles. The lowest BCUT2D eigenvalue weighted by Gasteiger charge is -2.26. The molecule has 1 aliphatic rings. The van der Waals surface area contributed by atoms with Gasteiger partial charge in [-0.3, -0.25) is 9.78 Å². The molecule has 0 spiro atoms. The molecule has 1 amide bonds. The number of hydrogen-bond acceptors (Lipinski definition) is 3. The van der Waals surface area contributed by atoms with Crippen LogP contribution in [0.25, 0.3) is 0 Å². The Labute approximate surface area is 90.3 Å². The summed E-state index contributed by atoms with van der Waals surface area (Å²) in [7, 11) is 0. The van der Waals surface area contributed by atoms with Crippen LogP contribution in [0.3, 0.4) is 0 Å². The van der Waals surface area contributed by atoms with Gasteiger partial charge in [-0.15, -0.1) is 0 Å². The maximum absolute atomic E-state index is 11.4. The average Bonchev–Trinajstić information content (AvgIpc) is 2.33. The van der Waals surface area contributed by atoms with Crippen LogP contribution < -0.4 is 10.2 Å². The number of rotatable bonds is 1. The summed E-state index contributed by atoms with van der Waals surface area (Å²) in [5.41, 5.74) is 0.883. The van der Waals surface area contributed by atoms with Crippen molar-refractivity contribution in [2.75, 3.05) is 24.5 Å². The highest BCUT2D eigenvalue weighted by molar-refractivity contribution is 5.95. The van der Waals surface area contributed by atoms with Crippen molar-refractivity contribution < 1.29 is 4.79 Å². The Morgan fingerprint density at radius 3 is 2.87 bits per heavy atom. The molecular weight excluding hydrogens is 190 g/mol. The van der Waals surface area contributed by atoms with Crippen LogP contribution in [-0.4, -0.2) is 30.5 Å². The van der Waals surface area contributed by atoms with Crippen molar-refractivity contribution in [3.63, 3.8) is 0 Å². The summed E-state index contributed by atoms with van der Waals surface area (Å²) in [5.74, 6) is 0.110. The van der Waals surface area contributed by atoms with E-state index >= 15 is 0 Å². The van der Waals surface area contributed by atoms with E-state index in [9.17, 15) is 4.79 Å². The molecule has 1 N–H and O–H groups in total. The molecule has 0 unspecified atom stereocenters. The molecule has 0 saturated carbocycles. The van der Waals surface area contributed by atoms with Gasteiger partial charge in [0.2, 0.25) is 5.91 Å². The van der Waals surface area contributed by atoms with Gasteiger partial charge in [-0.05, 0) is 12.1 Å². The zero-order valence-corrected chi connectivity index (χ0v) is 9.23. The molecule has 2 heterocycles. The molecule has 82 valence electrons. The lowest BCUT2D eigenvalue weighted by Crippen LogP contribution is -2.48. The first-order valence-electron chi connectivity index (χ1n) is 5.29. The third-order valence-corrected chi connectivity index (χ3v) is 2.05. The van der Waals surface area contributed by atoms with Gasteiger partial charge in [-0.25, -0.2) is 0 Å². The van der Waals surface area contributed by atoms with E-state index in [1.807, 2.05) is 26.0 Å². The number of hydrogen-bond donors (Lipinski definition) is 1. The van der Waals surface area contributed by atoms with Crippen LogP contribution in [-0.2, 0) is 4.79 Å². The lowest BCUT2D eigenvalue weighted by molar-refractivity contribution is -0.118. The fourth-order valence-electron chi connectivity index (χ4n) is 1.39. The fraction of sp³-hybridized carbons (Fsp3) is 0.455. The Morgan fingerprint density at radius 1 is 1.47 bits per heavy atom. The van der Waals surface area contributed by atoms with E-state index in [2.05, 4.69) is 10.3 Å². The predicted molar refractivity (Wildman–Crippen MR) is 60.8 cm³/mol. The molecule has 1 fully saturated rings. The second-order valence-corrected chi connectivity index (χ2v) is 2.93. The number of aromatic nitrogens is 1. The van der Waals surface area contributed by atoms with Gasteiger partial charge in [-0.2, -0.15) is 0 Å². The van der Waals surface area contributed by atoms with Crippen molar-refractivity contribution in [2.24, 2.45) is 0 Å². The molecule has 4 nitrogen and oxygen atoms in total. The van der Waals surface area contributed by atoms with Crippen LogP contribution in [0.4, 0.5) is 5.69 Å². The summed E-state index contributed by atoms with van der Waals surface area (Å²) in [6.07, 6.45) is 3.42. The zero-order chi connectivity index (χ0) is 11.1. The zero-order valence-electron chi connectivity index (χ0n) is 9.23. The largest absolute Gasteiger partial charge is 0.309 e. The standard InChI is InChI=1S/C9H11N3O.C2H6/c13-9-7-11-4-5-12(9)8-2-1-3-10-6-8;1-2/h1-3,6,11H,4-5,7H2;1-2H3. The minimum atomic E-state index is 0.110. The molecule has 15 heavy (non-hydrogen) atoms. The topological polar surface area (TPSA) is 45.2 Å². The first-order valence-corrected chi connectivity index (χ1v) is 5.29. The van der Waals surface area contributed by atoms with Gasteiger partial charge >= 0.3 is 0 Å². The summed E-state index contributed by atoms with van der Waals surface area (Å²) < 4.78 is 0. The van der Waals surface area contributed by atoms with Crippen LogP contribution in [0.15, 0.2) is 24.5 Å². The summed E-state index contributed by atoms with van der Waals surface area (Å²) in [6.45, 7) is 6.00. The first kappa shape index (κ1) is 11.7. The Kier molecular flexibility index (Phi) is 4.77. The number of carbonyl (C=O) groups is 1. The smallest absolute Gasteiger partial charge is 0.241 e. The third kappa shape index (κ3) is 3.02. The van der Waals surface area contributed by atoms with Crippen molar-refractivity contribution in [1.29, 1.82) is 0 Å². The second kappa shape index (κ2) is 6.14. The van der Waals surface area contributed by atoms with Crippen molar-refractivity contribution >= 4 is 11.6 Å². The highest BCUT2D eigenvalue weighted by Gasteiger charge is 2.18. The second-order valence-electron chi connectivity index (χ2n) is 2.93. The van der Waals surface area contributed by atoms with Crippen LogP contribution in [0.5, 0.6) is 0 Å². The number of piperazine rings is 1. The number of amides is 1. The Balaban J connectivity index is 0.000000531. The number of anilines is 1. The van der Waals surface area contributed by atoms with Gasteiger partial charge in [0.15, 0.2) is 0 Å². The summed E-state index contributed by atoms with van der Waals surface area (Å²) in [5, 5.41) is 3.02. The van der Waals surface area contributed by atoms with Crippen molar-refractivity contribution in [2.45, 2.75) is 13.8 Å². The summed E-state index contributed by atoms with van der Waals surface area (Å²) in [6, 6.07) is 3.74.